The molecule has 0 aliphatic rings. The van der Waals surface area contributed by atoms with Crippen LogP contribution in [-0.4, -0.2) is 30.1 Å². The molecule has 0 aliphatic carbocycles. The third-order valence-corrected chi connectivity index (χ3v) is 3.75. The smallest absolute Gasteiger partial charge is 0.129 e. The van der Waals surface area contributed by atoms with Crippen LogP contribution >= 0.6 is 12.2 Å². The van der Waals surface area contributed by atoms with E-state index >= 15 is 0 Å². The molecule has 0 aliphatic heterocycles. The van der Waals surface area contributed by atoms with E-state index in [1.807, 2.05) is 12.1 Å². The van der Waals surface area contributed by atoms with Gasteiger partial charge in [-0.3, -0.25) is 4.90 Å². The van der Waals surface area contributed by atoms with E-state index in [1.54, 1.807) is 7.11 Å². The number of nitrogens with zero attached hydrogens (tertiary/aromatic N) is 1. The lowest BCUT2D eigenvalue weighted by molar-refractivity contribution is 0.220. The number of hydrogen-bond donors (Lipinski definition) is 1. The fourth-order valence-electron chi connectivity index (χ4n) is 2.34. The standard InChI is InChI=1S/C16H26N2OS/c1-11(2)8-12(3)18(4)10-13-6-7-14(16(17)20)15(9-13)19-5/h6-7,9,11-12H,8,10H2,1-5H3,(H2,17,20). The minimum atomic E-state index is 0.370. The molecule has 112 valence electrons. The van der Waals surface area contributed by atoms with E-state index in [4.69, 9.17) is 22.7 Å². The molecule has 0 radical (unpaired) electrons. The van der Waals surface area contributed by atoms with Crippen LogP contribution in [0.25, 0.3) is 0 Å². The quantitative estimate of drug-likeness (QED) is 0.784. The number of thiocarbonyl (C=S) groups is 1. The Kier molecular flexibility index (Phi) is 6.43. The van der Waals surface area contributed by atoms with Crippen LogP contribution in [-0.2, 0) is 6.54 Å². The van der Waals surface area contributed by atoms with Crippen molar-refractivity contribution in [3.05, 3.63) is 29.3 Å². The molecule has 0 spiro atoms. The van der Waals surface area contributed by atoms with Crippen molar-refractivity contribution in [2.45, 2.75) is 39.8 Å². The largest absolute Gasteiger partial charge is 0.496 e. The van der Waals surface area contributed by atoms with Crippen LogP contribution in [0.2, 0.25) is 0 Å². The van der Waals surface area contributed by atoms with E-state index in [9.17, 15) is 0 Å². The molecule has 0 aromatic heterocycles. The Morgan fingerprint density at radius 1 is 1.35 bits per heavy atom. The van der Waals surface area contributed by atoms with Gasteiger partial charge in [0.2, 0.25) is 0 Å². The van der Waals surface area contributed by atoms with Gasteiger partial charge in [-0.1, -0.05) is 32.1 Å². The first kappa shape index (κ1) is 16.9. The Balaban J connectivity index is 2.80. The molecule has 0 saturated carbocycles. The van der Waals surface area contributed by atoms with Gasteiger partial charge in [0.05, 0.1) is 12.7 Å². The summed E-state index contributed by atoms with van der Waals surface area (Å²) in [6, 6.07) is 6.58. The second-order valence-corrected chi connectivity index (χ2v) is 6.23. The monoisotopic (exact) mass is 294 g/mol. The molecular weight excluding hydrogens is 268 g/mol. The van der Waals surface area contributed by atoms with Crippen molar-refractivity contribution >= 4 is 17.2 Å². The van der Waals surface area contributed by atoms with Gasteiger partial charge in [-0.2, -0.15) is 0 Å². The van der Waals surface area contributed by atoms with Gasteiger partial charge in [0, 0.05) is 12.6 Å². The molecule has 0 saturated heterocycles. The highest BCUT2D eigenvalue weighted by Gasteiger charge is 2.13. The number of benzene rings is 1. The highest BCUT2D eigenvalue weighted by molar-refractivity contribution is 7.80. The number of rotatable bonds is 7. The Hall–Kier alpha value is -1.13. The number of hydrogen-bond acceptors (Lipinski definition) is 3. The molecule has 0 heterocycles. The Morgan fingerprint density at radius 3 is 2.50 bits per heavy atom. The summed E-state index contributed by atoms with van der Waals surface area (Å²) in [5, 5.41) is 0. The lowest BCUT2D eigenvalue weighted by atomic mass is 10.0. The molecule has 1 aromatic carbocycles. The van der Waals surface area contributed by atoms with Crippen molar-refractivity contribution in [3.8, 4) is 5.75 Å². The minimum absolute atomic E-state index is 0.370. The normalized spacial score (nSPS) is 12.8. The maximum atomic E-state index is 5.69. The number of methoxy groups -OCH3 is 1. The van der Waals surface area contributed by atoms with Crippen molar-refractivity contribution in [1.82, 2.24) is 4.90 Å². The van der Waals surface area contributed by atoms with Crippen LogP contribution in [0.15, 0.2) is 18.2 Å². The molecule has 0 bridgehead atoms. The van der Waals surface area contributed by atoms with Crippen LogP contribution in [0, 0.1) is 5.92 Å². The van der Waals surface area contributed by atoms with Crippen LogP contribution < -0.4 is 10.5 Å². The summed E-state index contributed by atoms with van der Waals surface area (Å²) in [4.78, 5) is 2.73. The van der Waals surface area contributed by atoms with Gasteiger partial charge < -0.3 is 10.5 Å². The van der Waals surface area contributed by atoms with E-state index in [0.717, 1.165) is 17.9 Å². The summed E-state index contributed by atoms with van der Waals surface area (Å²) in [6.45, 7) is 7.66. The predicted octanol–water partition coefficient (Wildman–Crippen LogP) is 3.20. The van der Waals surface area contributed by atoms with Gasteiger partial charge in [0.1, 0.15) is 10.7 Å². The molecule has 1 unspecified atom stereocenters. The molecule has 0 fully saturated rings. The minimum Gasteiger partial charge on any atom is -0.496 e. The summed E-state index contributed by atoms with van der Waals surface area (Å²) in [6.07, 6.45) is 1.19. The second kappa shape index (κ2) is 7.60. The van der Waals surface area contributed by atoms with Crippen molar-refractivity contribution in [2.24, 2.45) is 11.7 Å². The zero-order chi connectivity index (χ0) is 15.3. The van der Waals surface area contributed by atoms with Crippen molar-refractivity contribution in [3.63, 3.8) is 0 Å². The first-order chi connectivity index (χ1) is 9.35. The molecule has 1 atom stereocenters. The van der Waals surface area contributed by atoms with Gasteiger partial charge >= 0.3 is 0 Å². The van der Waals surface area contributed by atoms with E-state index < -0.39 is 0 Å². The molecule has 3 nitrogen and oxygen atoms in total. The number of nitrogens with two attached hydrogens (primary N) is 1. The van der Waals surface area contributed by atoms with Crippen molar-refractivity contribution in [1.29, 1.82) is 0 Å². The van der Waals surface area contributed by atoms with Gasteiger partial charge in [0.25, 0.3) is 0 Å². The zero-order valence-corrected chi connectivity index (χ0v) is 14.0. The lowest BCUT2D eigenvalue weighted by Gasteiger charge is -2.26. The van der Waals surface area contributed by atoms with Crippen molar-refractivity contribution in [2.75, 3.05) is 14.2 Å². The molecule has 4 heteroatoms. The van der Waals surface area contributed by atoms with E-state index in [0.29, 0.717) is 16.9 Å². The first-order valence-electron chi connectivity index (χ1n) is 7.02. The maximum absolute atomic E-state index is 5.69. The van der Waals surface area contributed by atoms with Gasteiger partial charge in [-0.15, -0.1) is 0 Å². The van der Waals surface area contributed by atoms with Crippen LogP contribution in [0.4, 0.5) is 0 Å². The summed E-state index contributed by atoms with van der Waals surface area (Å²) in [5.74, 6) is 1.46. The summed E-state index contributed by atoms with van der Waals surface area (Å²) in [5.41, 5.74) is 7.69. The lowest BCUT2D eigenvalue weighted by Crippen LogP contribution is -2.29. The fourth-order valence-corrected chi connectivity index (χ4v) is 2.51. The Bertz CT molecular complexity index is 460. The van der Waals surface area contributed by atoms with E-state index in [-0.39, 0.29) is 0 Å². The fraction of sp³-hybridized carbons (Fsp3) is 0.562. The maximum Gasteiger partial charge on any atom is 0.129 e. The Morgan fingerprint density at radius 2 is 2.00 bits per heavy atom. The van der Waals surface area contributed by atoms with Gasteiger partial charge in [0.15, 0.2) is 0 Å². The molecule has 2 N–H and O–H groups in total. The predicted molar refractivity (Wildman–Crippen MR) is 89.3 cm³/mol. The molecular formula is C16H26N2OS. The average molecular weight is 294 g/mol. The van der Waals surface area contributed by atoms with Crippen LogP contribution in [0.3, 0.4) is 0 Å². The van der Waals surface area contributed by atoms with E-state index in [1.165, 1.54) is 12.0 Å². The highest BCUT2D eigenvalue weighted by Crippen LogP contribution is 2.22. The first-order valence-corrected chi connectivity index (χ1v) is 7.43. The van der Waals surface area contributed by atoms with Crippen LogP contribution in [0.5, 0.6) is 5.75 Å². The average Bonchev–Trinajstić information content (AvgIpc) is 2.37. The second-order valence-electron chi connectivity index (χ2n) is 5.79. The molecule has 20 heavy (non-hydrogen) atoms. The van der Waals surface area contributed by atoms with E-state index in [2.05, 4.69) is 38.8 Å². The third kappa shape index (κ3) is 4.76. The zero-order valence-electron chi connectivity index (χ0n) is 13.1. The highest BCUT2D eigenvalue weighted by atomic mass is 32.1. The topological polar surface area (TPSA) is 38.5 Å². The third-order valence-electron chi connectivity index (χ3n) is 3.53. The molecule has 1 aromatic rings. The van der Waals surface area contributed by atoms with Crippen LogP contribution in [0.1, 0.15) is 38.3 Å². The molecule has 1 rings (SSSR count). The molecule has 0 amide bonds. The SMILES string of the molecule is COc1cc(CN(C)C(C)CC(C)C)ccc1C(N)=S. The summed E-state index contributed by atoms with van der Waals surface area (Å²) in [7, 11) is 3.80. The number of ether oxygens (including phenoxy) is 1. The summed E-state index contributed by atoms with van der Waals surface area (Å²) >= 11 is 5.02. The van der Waals surface area contributed by atoms with Gasteiger partial charge in [-0.25, -0.2) is 0 Å². The Labute approximate surface area is 128 Å². The van der Waals surface area contributed by atoms with Crippen molar-refractivity contribution < 1.29 is 4.74 Å². The summed E-state index contributed by atoms with van der Waals surface area (Å²) < 4.78 is 5.37. The van der Waals surface area contributed by atoms with Gasteiger partial charge in [-0.05, 0) is 44.0 Å².